The fourth-order valence-corrected chi connectivity index (χ4v) is 10.1. The summed E-state index contributed by atoms with van der Waals surface area (Å²) >= 11 is 6.94. The molecule has 4 aliphatic rings. The number of hydrogen-bond donors (Lipinski definition) is 0. The van der Waals surface area contributed by atoms with Crippen LogP contribution in [0.25, 0.3) is 22.4 Å². The minimum absolute atomic E-state index is 0.00295. The van der Waals surface area contributed by atoms with Gasteiger partial charge in [-0.15, -0.1) is 0 Å². The molecule has 1 amide bonds. The Bertz CT molecular complexity index is 1800. The van der Waals surface area contributed by atoms with Crippen molar-refractivity contribution in [2.45, 2.75) is 146 Å². The molecule has 0 bridgehead atoms. The molecule has 3 saturated heterocycles. The van der Waals surface area contributed by atoms with Crippen LogP contribution in [0.1, 0.15) is 70.8 Å². The summed E-state index contributed by atoms with van der Waals surface area (Å²) in [5.41, 5.74) is 4.18. The van der Waals surface area contributed by atoms with E-state index >= 15 is 0 Å². The summed E-state index contributed by atoms with van der Waals surface area (Å²) < 4.78 is 40.0. The predicted octanol–water partition coefficient (Wildman–Crippen LogP) is 9.26. The van der Waals surface area contributed by atoms with Crippen LogP contribution >= 0.6 is 11.6 Å². The van der Waals surface area contributed by atoms with Gasteiger partial charge in [0.1, 0.15) is 30.6 Å². The predicted molar refractivity (Wildman–Crippen MR) is 220 cm³/mol. The second kappa shape index (κ2) is 16.4. The normalized spacial score (nSPS) is 26.2. The van der Waals surface area contributed by atoms with Gasteiger partial charge in [0, 0.05) is 33.3 Å². The van der Waals surface area contributed by atoms with Crippen LogP contribution < -0.4 is 4.74 Å². The number of nitrogens with zero attached hydrogens (tertiary/aromatic N) is 4. The third kappa shape index (κ3) is 9.29. The Morgan fingerprint density at radius 3 is 2.24 bits per heavy atom. The van der Waals surface area contributed by atoms with Crippen molar-refractivity contribution >= 4 is 45.2 Å². The van der Waals surface area contributed by atoms with Gasteiger partial charge in [0.05, 0.1) is 30.0 Å². The third-order valence-electron chi connectivity index (χ3n) is 12.3. The zero-order valence-electron chi connectivity index (χ0n) is 34.1. The van der Waals surface area contributed by atoms with Gasteiger partial charge in [-0.05, 0) is 80.2 Å². The molecule has 4 atom stereocenters. The lowest BCUT2D eigenvalue weighted by molar-refractivity contribution is 0.00687. The van der Waals surface area contributed by atoms with Crippen molar-refractivity contribution < 1.29 is 32.9 Å². The number of imidazole rings is 1. The smallest absolute Gasteiger partial charge is 0.410 e. The first kappa shape index (κ1) is 40.7. The molecule has 302 valence electrons. The van der Waals surface area contributed by atoms with Crippen LogP contribution in [-0.4, -0.2) is 105 Å². The Morgan fingerprint density at radius 1 is 0.927 bits per heavy atom. The molecule has 0 spiro atoms. The van der Waals surface area contributed by atoms with Crippen LogP contribution in [-0.2, 0) is 30.1 Å². The van der Waals surface area contributed by atoms with Gasteiger partial charge in [0.2, 0.25) is 0 Å². The molecule has 1 saturated carbocycles. The molecule has 0 radical (unpaired) electrons. The molecule has 1 aliphatic carbocycles. The average molecular weight is 814 g/mol. The maximum Gasteiger partial charge on any atom is 0.410 e. The summed E-state index contributed by atoms with van der Waals surface area (Å²) in [4.78, 5) is 24.4. The maximum atomic E-state index is 12.5. The molecule has 4 fully saturated rings. The van der Waals surface area contributed by atoms with Gasteiger partial charge in [0.25, 0.3) is 0 Å². The van der Waals surface area contributed by atoms with Crippen LogP contribution in [0.15, 0.2) is 30.3 Å². The zero-order valence-corrected chi connectivity index (χ0v) is 36.8. The molecular weight excluding hydrogens is 752 g/mol. The van der Waals surface area contributed by atoms with Crippen molar-refractivity contribution in [2.75, 3.05) is 32.9 Å². The number of carbonyl (C=O) groups is 1. The number of halogens is 1. The Labute approximate surface area is 333 Å². The van der Waals surface area contributed by atoms with Crippen LogP contribution in [0.3, 0.4) is 0 Å². The van der Waals surface area contributed by atoms with Crippen LogP contribution in [0.4, 0.5) is 4.79 Å². The zero-order chi connectivity index (χ0) is 39.1. The Kier molecular flexibility index (Phi) is 12.1. The van der Waals surface area contributed by atoms with Gasteiger partial charge >= 0.3 is 12.1 Å². The molecule has 14 heteroatoms. The monoisotopic (exact) mass is 812 g/mol. The van der Waals surface area contributed by atoms with E-state index < -0.39 is 16.4 Å². The molecule has 3 aliphatic heterocycles. The van der Waals surface area contributed by atoms with E-state index in [1.54, 1.807) is 0 Å². The SMILES string of the molecule is CC(C)(C)[Si](C)(C)O[C@@H]1CO[C@H]2[C@@H]1OC[C@H]2Oc1nc2cc(Cl)c(-c3ccc(C4CCC(OC(=O)N5CCCC5)CC4)cc3)nc2n1COCC[Si](C)(C)C. The Balaban J connectivity index is 1.06. The van der Waals surface area contributed by atoms with Crippen LogP contribution in [0.2, 0.25) is 48.8 Å². The molecule has 55 heavy (non-hydrogen) atoms. The summed E-state index contributed by atoms with van der Waals surface area (Å²) in [5, 5.41) is 0.603. The molecule has 0 unspecified atom stereocenters. The van der Waals surface area contributed by atoms with E-state index in [-0.39, 0.29) is 48.4 Å². The van der Waals surface area contributed by atoms with E-state index in [1.165, 1.54) is 5.56 Å². The van der Waals surface area contributed by atoms with E-state index in [0.29, 0.717) is 53.6 Å². The lowest BCUT2D eigenvalue weighted by atomic mass is 9.82. The number of hydrogen-bond acceptors (Lipinski definition) is 9. The van der Waals surface area contributed by atoms with Crippen molar-refractivity contribution in [3.8, 4) is 17.3 Å². The number of aromatic nitrogens is 3. The van der Waals surface area contributed by atoms with E-state index in [9.17, 15) is 4.79 Å². The molecule has 5 heterocycles. The first-order valence-corrected chi connectivity index (χ1v) is 27.3. The third-order valence-corrected chi connectivity index (χ3v) is 18.8. The van der Waals surface area contributed by atoms with Crippen molar-refractivity contribution in [2.24, 2.45) is 0 Å². The lowest BCUT2D eigenvalue weighted by Crippen LogP contribution is -2.47. The van der Waals surface area contributed by atoms with Crippen molar-refractivity contribution in [3.05, 3.63) is 40.9 Å². The molecule has 3 aromatic rings. The quantitative estimate of drug-likeness (QED) is 0.131. The number of benzene rings is 1. The topological polar surface area (TPSA) is 106 Å². The first-order chi connectivity index (χ1) is 26.1. The van der Waals surface area contributed by atoms with Crippen LogP contribution in [0, 0.1) is 0 Å². The molecule has 0 N–H and O–H groups in total. The number of fused-ring (bicyclic) bond motifs is 2. The van der Waals surface area contributed by atoms with E-state index in [2.05, 4.69) is 77.8 Å². The number of likely N-dealkylation sites (tertiary alicyclic amines) is 1. The van der Waals surface area contributed by atoms with E-state index in [4.69, 9.17) is 49.7 Å². The van der Waals surface area contributed by atoms with Gasteiger partial charge < -0.3 is 33.0 Å². The molecule has 2 aromatic heterocycles. The summed E-state index contributed by atoms with van der Waals surface area (Å²) in [5.74, 6) is 0.424. The summed E-state index contributed by atoms with van der Waals surface area (Å²) in [6, 6.07) is 11.9. The molecular formula is C41H61ClN4O7Si2. The second-order valence-corrected chi connectivity index (χ2v) is 29.5. The van der Waals surface area contributed by atoms with Crippen molar-refractivity contribution in [1.82, 2.24) is 19.4 Å². The molecule has 7 rings (SSSR count). The Hall–Kier alpha value is -2.53. The highest BCUT2D eigenvalue weighted by Gasteiger charge is 2.52. The number of rotatable bonds is 12. The number of amides is 1. The van der Waals surface area contributed by atoms with Gasteiger partial charge in [-0.3, -0.25) is 4.57 Å². The van der Waals surface area contributed by atoms with E-state index in [0.717, 1.165) is 63.2 Å². The van der Waals surface area contributed by atoms with Crippen LogP contribution in [0.5, 0.6) is 6.01 Å². The minimum Gasteiger partial charge on any atom is -0.456 e. The van der Waals surface area contributed by atoms with Gasteiger partial charge in [-0.25, -0.2) is 9.78 Å². The summed E-state index contributed by atoms with van der Waals surface area (Å²) in [6.07, 6.45) is 4.81. The number of carbonyl (C=O) groups excluding carboxylic acids is 1. The second-order valence-electron chi connectivity index (χ2n) is 18.7. The van der Waals surface area contributed by atoms with E-state index in [1.807, 2.05) is 15.5 Å². The Morgan fingerprint density at radius 2 is 1.58 bits per heavy atom. The minimum atomic E-state index is -2.02. The summed E-state index contributed by atoms with van der Waals surface area (Å²) in [6.45, 7) is 21.7. The highest BCUT2D eigenvalue weighted by atomic mass is 35.5. The number of ether oxygens (including phenoxy) is 5. The van der Waals surface area contributed by atoms with Gasteiger partial charge in [-0.1, -0.05) is 76.3 Å². The van der Waals surface area contributed by atoms with Crippen molar-refractivity contribution in [3.63, 3.8) is 0 Å². The average Bonchev–Trinajstić information content (AvgIpc) is 3.93. The standard InChI is InChI=1S/C41H61ClN4O7Si2/c1-41(2,3)55(7,8)53-34-25-50-36-33(24-49-37(34)36)52-39-43-32-23-31(42)35(44-38(32)46(39)26-48-21-22-54(4,5)6)29-13-11-27(12-14-29)28-15-17-30(18-16-28)51-40(47)45-19-9-10-20-45/h11-14,23,28,30,33-34,36-37H,9-10,15-22,24-26H2,1-8H3/t28?,30?,33-,34-,36-,37-/m1/s1. The highest BCUT2D eigenvalue weighted by Crippen LogP contribution is 2.41. The number of pyridine rings is 1. The lowest BCUT2D eigenvalue weighted by Gasteiger charge is -2.39. The van der Waals surface area contributed by atoms with Crippen molar-refractivity contribution in [1.29, 1.82) is 0 Å². The van der Waals surface area contributed by atoms with Gasteiger partial charge in [-0.2, -0.15) is 4.98 Å². The highest BCUT2D eigenvalue weighted by molar-refractivity contribution is 6.76. The largest absolute Gasteiger partial charge is 0.456 e. The molecule has 11 nitrogen and oxygen atoms in total. The summed E-state index contributed by atoms with van der Waals surface area (Å²) in [7, 11) is -3.32. The molecule has 1 aromatic carbocycles. The first-order valence-electron chi connectivity index (χ1n) is 20.3. The van der Waals surface area contributed by atoms with Gasteiger partial charge in [0.15, 0.2) is 20.1 Å². The fourth-order valence-electron chi connectivity index (χ4n) is 7.81. The fraction of sp³-hybridized carbons (Fsp3) is 0.683. The maximum absolute atomic E-state index is 12.5.